The third-order valence-corrected chi connectivity index (χ3v) is 3.42. The van der Waals surface area contributed by atoms with Gasteiger partial charge in [-0.3, -0.25) is 4.79 Å². The Labute approximate surface area is 104 Å². The van der Waals surface area contributed by atoms with Crippen LogP contribution >= 0.6 is 0 Å². The number of carbonyl (C=O) groups is 1. The first-order chi connectivity index (χ1) is 8.04. The molecule has 17 heavy (non-hydrogen) atoms. The number of rotatable bonds is 7. The van der Waals surface area contributed by atoms with Crippen molar-refractivity contribution in [2.24, 2.45) is 11.8 Å². The molecule has 1 aromatic rings. The molecular formula is C14H23N2O. The highest BCUT2D eigenvalue weighted by molar-refractivity contribution is 5.92. The normalized spacial score (nSPS) is 14.9. The van der Waals surface area contributed by atoms with Gasteiger partial charge >= 0.3 is 0 Å². The van der Waals surface area contributed by atoms with E-state index in [1.807, 2.05) is 0 Å². The summed E-state index contributed by atoms with van der Waals surface area (Å²) >= 11 is 0. The Morgan fingerprint density at radius 2 is 2.12 bits per heavy atom. The topological polar surface area (TPSA) is 45.8 Å². The molecular weight excluding hydrogens is 212 g/mol. The van der Waals surface area contributed by atoms with Gasteiger partial charge in [-0.2, -0.15) is 0 Å². The van der Waals surface area contributed by atoms with Gasteiger partial charge < -0.3 is 4.98 Å². The number of imidazole rings is 1. The van der Waals surface area contributed by atoms with Crippen molar-refractivity contribution >= 4 is 5.78 Å². The van der Waals surface area contributed by atoms with Crippen molar-refractivity contribution in [2.75, 3.05) is 0 Å². The summed E-state index contributed by atoms with van der Waals surface area (Å²) in [5.74, 6) is 3.13. The van der Waals surface area contributed by atoms with Crippen LogP contribution in [0.5, 0.6) is 0 Å². The Kier molecular flexibility index (Phi) is 5.39. The standard InChI is InChI=1S/C14H23N2O/c1-5-11(3)12(4)8-10(2)9-13(17)14-15-6-7-16-14/h6-7,10-11H,5,8-9H2,1-4H3,(H,15,16). The highest BCUT2D eigenvalue weighted by atomic mass is 16.1. The molecule has 3 heteroatoms. The quantitative estimate of drug-likeness (QED) is 0.733. The first-order valence-electron chi connectivity index (χ1n) is 6.39. The molecule has 2 unspecified atom stereocenters. The number of H-pyrrole nitrogens is 1. The van der Waals surface area contributed by atoms with E-state index in [2.05, 4.69) is 37.7 Å². The van der Waals surface area contributed by atoms with Crippen LogP contribution in [0, 0.1) is 17.8 Å². The first kappa shape index (κ1) is 13.9. The Hall–Kier alpha value is -1.12. The number of hydrogen-bond donors (Lipinski definition) is 1. The van der Waals surface area contributed by atoms with Crippen molar-refractivity contribution in [3.63, 3.8) is 0 Å². The van der Waals surface area contributed by atoms with E-state index in [0.717, 1.165) is 6.42 Å². The molecule has 0 aromatic carbocycles. The number of carbonyl (C=O) groups excluding carboxylic acids is 1. The Morgan fingerprint density at radius 3 is 2.65 bits per heavy atom. The van der Waals surface area contributed by atoms with Gasteiger partial charge in [0.25, 0.3) is 0 Å². The highest BCUT2D eigenvalue weighted by Crippen LogP contribution is 2.26. The fraction of sp³-hybridized carbons (Fsp3) is 0.643. The van der Waals surface area contributed by atoms with Gasteiger partial charge in [0.05, 0.1) is 0 Å². The second-order valence-electron chi connectivity index (χ2n) is 5.03. The number of ketones is 1. The van der Waals surface area contributed by atoms with E-state index >= 15 is 0 Å². The fourth-order valence-corrected chi connectivity index (χ4v) is 2.00. The predicted octanol–water partition coefficient (Wildman–Crippen LogP) is 3.65. The molecule has 0 amide bonds. The molecule has 1 rings (SSSR count). The lowest BCUT2D eigenvalue weighted by atomic mass is 9.84. The van der Waals surface area contributed by atoms with Crippen molar-refractivity contribution in [3.05, 3.63) is 24.1 Å². The third kappa shape index (κ3) is 4.33. The summed E-state index contributed by atoms with van der Waals surface area (Å²) in [6, 6.07) is 0. The van der Waals surface area contributed by atoms with Gasteiger partial charge in [0.2, 0.25) is 0 Å². The lowest BCUT2D eigenvalue weighted by Crippen LogP contribution is -2.13. The molecule has 0 fully saturated rings. The van der Waals surface area contributed by atoms with Gasteiger partial charge in [0.1, 0.15) is 0 Å². The van der Waals surface area contributed by atoms with Gasteiger partial charge in [-0.05, 0) is 24.2 Å². The van der Waals surface area contributed by atoms with E-state index in [-0.39, 0.29) is 5.78 Å². The number of hydrogen-bond acceptors (Lipinski definition) is 2. The van der Waals surface area contributed by atoms with E-state index < -0.39 is 0 Å². The number of aromatic nitrogens is 2. The van der Waals surface area contributed by atoms with Crippen LogP contribution in [0.15, 0.2) is 12.4 Å². The van der Waals surface area contributed by atoms with E-state index in [0.29, 0.717) is 24.1 Å². The average molecular weight is 235 g/mol. The monoisotopic (exact) mass is 235 g/mol. The Balaban J connectivity index is 2.39. The number of nitrogens with zero attached hydrogens (tertiary/aromatic N) is 1. The van der Waals surface area contributed by atoms with Crippen molar-refractivity contribution in [3.8, 4) is 0 Å². The average Bonchev–Trinajstić information content (AvgIpc) is 2.80. The van der Waals surface area contributed by atoms with Gasteiger partial charge in [-0.25, -0.2) is 4.98 Å². The molecule has 95 valence electrons. The minimum atomic E-state index is 0.111. The zero-order chi connectivity index (χ0) is 12.8. The largest absolute Gasteiger partial charge is 0.342 e. The number of Topliss-reactive ketones (excluding diaryl/α,β-unsaturated/α-hetero) is 1. The molecule has 0 saturated carbocycles. The van der Waals surface area contributed by atoms with E-state index in [4.69, 9.17) is 0 Å². The van der Waals surface area contributed by atoms with Crippen LogP contribution in [0.3, 0.4) is 0 Å². The van der Waals surface area contributed by atoms with E-state index in [9.17, 15) is 4.79 Å². The summed E-state index contributed by atoms with van der Waals surface area (Å²) in [5.41, 5.74) is 0. The Morgan fingerprint density at radius 1 is 1.41 bits per heavy atom. The van der Waals surface area contributed by atoms with Crippen molar-refractivity contribution in [2.45, 2.75) is 47.0 Å². The van der Waals surface area contributed by atoms with Gasteiger partial charge in [0.15, 0.2) is 11.6 Å². The van der Waals surface area contributed by atoms with Crippen LogP contribution in [-0.4, -0.2) is 15.8 Å². The zero-order valence-corrected chi connectivity index (χ0v) is 11.3. The van der Waals surface area contributed by atoms with Crippen LogP contribution in [0.2, 0.25) is 0 Å². The molecule has 1 N–H and O–H groups in total. The summed E-state index contributed by atoms with van der Waals surface area (Å²) in [5, 5.41) is 0. The Bertz CT molecular complexity index is 332. The maximum Gasteiger partial charge on any atom is 0.198 e. The third-order valence-electron chi connectivity index (χ3n) is 3.42. The second-order valence-corrected chi connectivity index (χ2v) is 5.03. The number of aromatic amines is 1. The van der Waals surface area contributed by atoms with Gasteiger partial charge in [-0.15, -0.1) is 0 Å². The van der Waals surface area contributed by atoms with Crippen LogP contribution in [0.4, 0.5) is 0 Å². The molecule has 1 radical (unpaired) electrons. The summed E-state index contributed by atoms with van der Waals surface area (Å²) in [7, 11) is 0. The molecule has 0 saturated heterocycles. The molecule has 1 aromatic heterocycles. The summed E-state index contributed by atoms with van der Waals surface area (Å²) in [4.78, 5) is 18.7. The summed E-state index contributed by atoms with van der Waals surface area (Å²) < 4.78 is 0. The summed E-state index contributed by atoms with van der Waals surface area (Å²) in [6.45, 7) is 8.78. The smallest absolute Gasteiger partial charge is 0.198 e. The zero-order valence-electron chi connectivity index (χ0n) is 11.3. The van der Waals surface area contributed by atoms with Gasteiger partial charge in [-0.1, -0.05) is 34.1 Å². The second kappa shape index (κ2) is 6.58. The molecule has 1 heterocycles. The lowest BCUT2D eigenvalue weighted by Gasteiger charge is -2.21. The van der Waals surface area contributed by atoms with Crippen LogP contribution in [-0.2, 0) is 0 Å². The minimum Gasteiger partial charge on any atom is -0.342 e. The van der Waals surface area contributed by atoms with Crippen LogP contribution in [0.25, 0.3) is 0 Å². The molecule has 2 atom stereocenters. The van der Waals surface area contributed by atoms with E-state index in [1.54, 1.807) is 12.4 Å². The molecule has 0 aliphatic rings. The van der Waals surface area contributed by atoms with Crippen molar-refractivity contribution in [1.82, 2.24) is 9.97 Å². The maximum atomic E-state index is 11.8. The highest BCUT2D eigenvalue weighted by Gasteiger charge is 2.18. The van der Waals surface area contributed by atoms with Crippen molar-refractivity contribution in [1.29, 1.82) is 0 Å². The van der Waals surface area contributed by atoms with E-state index in [1.165, 1.54) is 12.3 Å². The first-order valence-corrected chi connectivity index (χ1v) is 6.39. The molecule has 0 bridgehead atoms. The predicted molar refractivity (Wildman–Crippen MR) is 69.7 cm³/mol. The van der Waals surface area contributed by atoms with Crippen LogP contribution in [0.1, 0.15) is 57.6 Å². The van der Waals surface area contributed by atoms with Crippen LogP contribution < -0.4 is 0 Å². The van der Waals surface area contributed by atoms with Crippen molar-refractivity contribution < 1.29 is 4.79 Å². The SMILES string of the molecule is CCC(C)[C](C)CC(C)CC(=O)c1ncc[nH]1. The maximum absolute atomic E-state index is 11.8. The molecule has 0 aliphatic heterocycles. The number of nitrogens with one attached hydrogen (secondary N) is 1. The molecule has 3 nitrogen and oxygen atoms in total. The lowest BCUT2D eigenvalue weighted by molar-refractivity contribution is 0.0953. The summed E-state index contributed by atoms with van der Waals surface area (Å²) in [6.07, 6.45) is 6.08. The minimum absolute atomic E-state index is 0.111. The fourth-order valence-electron chi connectivity index (χ4n) is 2.00. The molecule has 0 aliphatic carbocycles. The van der Waals surface area contributed by atoms with Gasteiger partial charge in [0, 0.05) is 18.8 Å². The molecule has 0 spiro atoms.